The molecule has 1 aromatic carbocycles. The fraction of sp³-hybridized carbons (Fsp3) is 0.467. The van der Waals surface area contributed by atoms with E-state index in [2.05, 4.69) is 0 Å². The Morgan fingerprint density at radius 1 is 1.35 bits per heavy atom. The van der Waals surface area contributed by atoms with Crippen LogP contribution in [0.5, 0.6) is 0 Å². The number of nitrogen functional groups attached to an aromatic ring is 1. The van der Waals surface area contributed by atoms with Gasteiger partial charge in [-0.15, -0.1) is 0 Å². The molecule has 0 aromatic heterocycles. The third kappa shape index (κ3) is 3.98. The van der Waals surface area contributed by atoms with Crippen LogP contribution in [0, 0.1) is 6.92 Å². The number of anilines is 1. The van der Waals surface area contributed by atoms with E-state index < -0.39 is 5.97 Å². The van der Waals surface area contributed by atoms with Gasteiger partial charge in [0.2, 0.25) is 0 Å². The van der Waals surface area contributed by atoms with Crippen molar-refractivity contribution in [3.63, 3.8) is 0 Å². The molecule has 0 spiro atoms. The van der Waals surface area contributed by atoms with Gasteiger partial charge in [0.1, 0.15) is 6.54 Å². The Bertz CT molecular complexity index is 498. The third-order valence-electron chi connectivity index (χ3n) is 3.01. The molecule has 0 saturated heterocycles. The van der Waals surface area contributed by atoms with Gasteiger partial charge < -0.3 is 15.4 Å². The lowest BCUT2D eigenvalue weighted by Crippen LogP contribution is -2.41. The molecule has 1 aromatic rings. The van der Waals surface area contributed by atoms with Crippen molar-refractivity contribution < 1.29 is 14.3 Å². The van der Waals surface area contributed by atoms with E-state index in [0.717, 1.165) is 5.56 Å². The highest BCUT2D eigenvalue weighted by atomic mass is 16.5. The van der Waals surface area contributed by atoms with Gasteiger partial charge in [-0.1, -0.05) is 0 Å². The molecule has 1 rings (SSSR count). The minimum atomic E-state index is -0.401. The number of ether oxygens (including phenoxy) is 1. The number of hydrogen-bond donors (Lipinski definition) is 1. The number of hydrogen-bond acceptors (Lipinski definition) is 4. The largest absolute Gasteiger partial charge is 0.465 e. The average Bonchev–Trinajstić information content (AvgIpc) is 2.38. The summed E-state index contributed by atoms with van der Waals surface area (Å²) >= 11 is 0. The molecule has 0 aliphatic carbocycles. The van der Waals surface area contributed by atoms with Gasteiger partial charge >= 0.3 is 5.97 Å². The van der Waals surface area contributed by atoms with Gasteiger partial charge in [0.05, 0.1) is 6.61 Å². The van der Waals surface area contributed by atoms with Crippen LogP contribution in [-0.2, 0) is 9.53 Å². The second-order valence-corrected chi connectivity index (χ2v) is 4.90. The summed E-state index contributed by atoms with van der Waals surface area (Å²) in [6.45, 7) is 7.57. The Kier molecular flexibility index (Phi) is 5.55. The molecule has 5 heteroatoms. The van der Waals surface area contributed by atoms with Crippen LogP contribution in [0.3, 0.4) is 0 Å². The number of esters is 1. The molecule has 5 nitrogen and oxygen atoms in total. The van der Waals surface area contributed by atoms with Gasteiger partial charge in [0.15, 0.2) is 0 Å². The molecule has 20 heavy (non-hydrogen) atoms. The van der Waals surface area contributed by atoms with E-state index in [9.17, 15) is 9.59 Å². The first kappa shape index (κ1) is 16.0. The predicted octanol–water partition coefficient (Wildman–Crippen LogP) is 1.99. The molecule has 0 bridgehead atoms. The first-order valence-electron chi connectivity index (χ1n) is 6.69. The van der Waals surface area contributed by atoms with Crippen LogP contribution in [0.1, 0.15) is 36.7 Å². The summed E-state index contributed by atoms with van der Waals surface area (Å²) < 4.78 is 4.90. The van der Waals surface area contributed by atoms with Crippen LogP contribution in [-0.4, -0.2) is 36.0 Å². The molecule has 0 aliphatic rings. The number of nitrogens with two attached hydrogens (primary N) is 1. The van der Waals surface area contributed by atoms with Gasteiger partial charge in [0.25, 0.3) is 5.91 Å². The standard InChI is InChI=1S/C15H22N2O3/c1-5-20-14(18)9-17(10(2)3)15(19)12-6-7-13(16)11(4)8-12/h6-8,10H,5,9,16H2,1-4H3. The third-order valence-corrected chi connectivity index (χ3v) is 3.01. The maximum absolute atomic E-state index is 12.5. The van der Waals surface area contributed by atoms with Crippen molar-refractivity contribution >= 4 is 17.6 Å². The average molecular weight is 278 g/mol. The highest BCUT2D eigenvalue weighted by Crippen LogP contribution is 2.15. The number of carbonyl (C=O) groups excluding carboxylic acids is 2. The van der Waals surface area contributed by atoms with E-state index in [1.54, 1.807) is 25.1 Å². The first-order chi connectivity index (χ1) is 9.36. The smallest absolute Gasteiger partial charge is 0.325 e. The van der Waals surface area contributed by atoms with Crippen LogP contribution < -0.4 is 5.73 Å². The Morgan fingerprint density at radius 3 is 2.50 bits per heavy atom. The van der Waals surface area contributed by atoms with Crippen molar-refractivity contribution in [2.24, 2.45) is 0 Å². The Balaban J connectivity index is 2.93. The molecule has 1 amide bonds. The normalized spacial score (nSPS) is 10.4. The lowest BCUT2D eigenvalue weighted by atomic mass is 10.1. The van der Waals surface area contributed by atoms with Crippen molar-refractivity contribution in [1.82, 2.24) is 4.90 Å². The quantitative estimate of drug-likeness (QED) is 0.660. The zero-order chi connectivity index (χ0) is 15.3. The van der Waals surface area contributed by atoms with Crippen molar-refractivity contribution in [3.05, 3.63) is 29.3 Å². The summed E-state index contributed by atoms with van der Waals surface area (Å²) in [6, 6.07) is 5.01. The van der Waals surface area contributed by atoms with E-state index >= 15 is 0 Å². The molecule has 110 valence electrons. The van der Waals surface area contributed by atoms with Crippen LogP contribution in [0.15, 0.2) is 18.2 Å². The molecule has 0 heterocycles. The zero-order valence-electron chi connectivity index (χ0n) is 12.5. The Labute approximate surface area is 119 Å². The predicted molar refractivity (Wildman–Crippen MR) is 78.4 cm³/mol. The summed E-state index contributed by atoms with van der Waals surface area (Å²) in [5.41, 5.74) is 7.75. The summed E-state index contributed by atoms with van der Waals surface area (Å²) in [7, 11) is 0. The minimum Gasteiger partial charge on any atom is -0.465 e. The number of carbonyl (C=O) groups is 2. The molecule has 0 aliphatic heterocycles. The summed E-state index contributed by atoms with van der Waals surface area (Å²) in [6.07, 6.45) is 0. The summed E-state index contributed by atoms with van der Waals surface area (Å²) in [5.74, 6) is -0.599. The van der Waals surface area contributed by atoms with Crippen molar-refractivity contribution in [2.45, 2.75) is 33.7 Å². The van der Waals surface area contributed by atoms with Gasteiger partial charge in [-0.3, -0.25) is 9.59 Å². The molecule has 0 fully saturated rings. The molecule has 2 N–H and O–H groups in total. The fourth-order valence-corrected chi connectivity index (χ4v) is 1.81. The molecule has 0 unspecified atom stereocenters. The molecule has 0 atom stereocenters. The number of amides is 1. The van der Waals surface area contributed by atoms with Gasteiger partial charge in [-0.2, -0.15) is 0 Å². The fourth-order valence-electron chi connectivity index (χ4n) is 1.81. The number of nitrogens with zero attached hydrogens (tertiary/aromatic N) is 1. The van der Waals surface area contributed by atoms with E-state index in [1.165, 1.54) is 4.90 Å². The monoisotopic (exact) mass is 278 g/mol. The van der Waals surface area contributed by atoms with Crippen LogP contribution in [0.25, 0.3) is 0 Å². The van der Waals surface area contributed by atoms with Crippen molar-refractivity contribution in [1.29, 1.82) is 0 Å². The van der Waals surface area contributed by atoms with E-state index in [4.69, 9.17) is 10.5 Å². The summed E-state index contributed by atoms with van der Waals surface area (Å²) in [4.78, 5) is 25.5. The Morgan fingerprint density at radius 2 is 2.00 bits per heavy atom. The number of aryl methyl sites for hydroxylation is 1. The van der Waals surface area contributed by atoms with Gasteiger partial charge in [-0.05, 0) is 51.5 Å². The molecular weight excluding hydrogens is 256 g/mol. The second kappa shape index (κ2) is 6.93. The highest BCUT2D eigenvalue weighted by molar-refractivity contribution is 5.96. The Hall–Kier alpha value is -2.04. The van der Waals surface area contributed by atoms with Gasteiger partial charge in [0, 0.05) is 17.3 Å². The highest BCUT2D eigenvalue weighted by Gasteiger charge is 2.22. The van der Waals surface area contributed by atoms with E-state index in [0.29, 0.717) is 17.9 Å². The second-order valence-electron chi connectivity index (χ2n) is 4.90. The van der Waals surface area contributed by atoms with Crippen LogP contribution >= 0.6 is 0 Å². The molecule has 0 radical (unpaired) electrons. The number of benzene rings is 1. The topological polar surface area (TPSA) is 72.6 Å². The zero-order valence-corrected chi connectivity index (χ0v) is 12.5. The lowest BCUT2D eigenvalue weighted by Gasteiger charge is -2.26. The van der Waals surface area contributed by atoms with Crippen molar-refractivity contribution in [2.75, 3.05) is 18.9 Å². The minimum absolute atomic E-state index is 0.0479. The molecule has 0 saturated carbocycles. The SMILES string of the molecule is CCOC(=O)CN(C(=O)c1ccc(N)c(C)c1)C(C)C. The maximum atomic E-state index is 12.5. The first-order valence-corrected chi connectivity index (χ1v) is 6.69. The maximum Gasteiger partial charge on any atom is 0.325 e. The van der Waals surface area contributed by atoms with E-state index in [-0.39, 0.29) is 18.5 Å². The van der Waals surface area contributed by atoms with Crippen LogP contribution in [0.4, 0.5) is 5.69 Å². The van der Waals surface area contributed by atoms with Gasteiger partial charge in [-0.25, -0.2) is 0 Å². The number of rotatable bonds is 5. The van der Waals surface area contributed by atoms with Crippen molar-refractivity contribution in [3.8, 4) is 0 Å². The lowest BCUT2D eigenvalue weighted by molar-refractivity contribution is -0.144. The van der Waals surface area contributed by atoms with Crippen LogP contribution in [0.2, 0.25) is 0 Å². The summed E-state index contributed by atoms with van der Waals surface area (Å²) in [5, 5.41) is 0. The van der Waals surface area contributed by atoms with E-state index in [1.807, 2.05) is 20.8 Å². The molecular formula is C15H22N2O3.